The van der Waals surface area contributed by atoms with E-state index in [1.54, 1.807) is 0 Å². The third-order valence-electron chi connectivity index (χ3n) is 14.2. The molecule has 0 heterocycles. The van der Waals surface area contributed by atoms with Crippen LogP contribution in [0.1, 0.15) is 257 Å². The zero-order valence-electron chi connectivity index (χ0n) is 44.8. The van der Waals surface area contributed by atoms with E-state index in [0.29, 0.717) is 52.9 Å². The lowest BCUT2D eigenvalue weighted by molar-refractivity contribution is 0.259. The molecule has 0 aliphatic rings. The van der Waals surface area contributed by atoms with Crippen molar-refractivity contribution in [3.8, 4) is 23.0 Å². The lowest BCUT2D eigenvalue weighted by Crippen LogP contribution is -2.03. The van der Waals surface area contributed by atoms with E-state index >= 15 is 0 Å². The summed E-state index contributed by atoms with van der Waals surface area (Å²) in [5.74, 6) is 3.36. The fourth-order valence-electron chi connectivity index (χ4n) is 9.71. The molecular weight excluding hydrogens is 873 g/mol. The van der Waals surface area contributed by atoms with Crippen LogP contribution < -0.4 is 18.9 Å². The molecule has 3 aromatic carbocycles. The number of fused-ring (bicyclic) bond motifs is 2. The van der Waals surface area contributed by atoms with E-state index in [-0.39, 0.29) is 0 Å². The first-order valence-corrected chi connectivity index (χ1v) is 29.7. The highest BCUT2D eigenvalue weighted by molar-refractivity contribution is 6.00. The predicted octanol–water partition coefficient (Wildman–Crippen LogP) is 17.1. The standard InChI is InChI=1S/C62H106O8/c63-41-33-25-17-9-1-5-13-21-29-37-45-67-59-51-55-49-57-53-61(69-47-39-31-23-15-7-3-11-19-27-35-43-65)62(70-48-40-32-24-16-8-4-12-20-28-36-44-66)54-58(57)50-56(55)52-60(59)68-46-38-30-22-14-6-2-10-18-26-34-42-64/h49-54,63-66H,1-48H2. The molecule has 0 saturated carbocycles. The number of aliphatic hydroxyl groups excluding tert-OH is 4. The van der Waals surface area contributed by atoms with Crippen molar-refractivity contribution in [1.82, 2.24) is 0 Å². The van der Waals surface area contributed by atoms with E-state index in [0.717, 1.165) is 122 Å². The molecule has 70 heavy (non-hydrogen) atoms. The van der Waals surface area contributed by atoms with Crippen molar-refractivity contribution < 1.29 is 39.4 Å². The van der Waals surface area contributed by atoms with Gasteiger partial charge < -0.3 is 39.4 Å². The van der Waals surface area contributed by atoms with Crippen LogP contribution in [0.5, 0.6) is 23.0 Å². The van der Waals surface area contributed by atoms with E-state index in [1.165, 1.54) is 180 Å². The number of unbranched alkanes of at least 4 members (excludes halogenated alkanes) is 36. The number of aliphatic hydroxyl groups is 4. The Morgan fingerprint density at radius 2 is 0.329 bits per heavy atom. The van der Waals surface area contributed by atoms with Gasteiger partial charge in [-0.2, -0.15) is 0 Å². The number of hydrogen-bond donors (Lipinski definition) is 4. The molecule has 8 nitrogen and oxygen atoms in total. The Balaban J connectivity index is 1.64. The first-order chi connectivity index (χ1) is 34.7. The first kappa shape index (κ1) is 61.5. The fourth-order valence-corrected chi connectivity index (χ4v) is 9.71. The zero-order valence-corrected chi connectivity index (χ0v) is 44.8. The van der Waals surface area contributed by atoms with E-state index in [2.05, 4.69) is 36.4 Å². The third kappa shape index (κ3) is 31.0. The number of ether oxygens (including phenoxy) is 4. The van der Waals surface area contributed by atoms with Crippen LogP contribution in [0, 0.1) is 0 Å². The van der Waals surface area contributed by atoms with Gasteiger partial charge in [-0.25, -0.2) is 0 Å². The molecule has 0 fully saturated rings. The van der Waals surface area contributed by atoms with Crippen LogP contribution in [0.2, 0.25) is 0 Å². The Morgan fingerprint density at radius 3 is 0.486 bits per heavy atom. The largest absolute Gasteiger partial charge is 0.490 e. The van der Waals surface area contributed by atoms with Gasteiger partial charge in [0.2, 0.25) is 0 Å². The van der Waals surface area contributed by atoms with Gasteiger partial charge in [-0.05, 0) is 109 Å². The van der Waals surface area contributed by atoms with Crippen molar-refractivity contribution >= 4 is 21.5 Å². The second-order valence-corrected chi connectivity index (χ2v) is 20.6. The zero-order chi connectivity index (χ0) is 49.6. The molecule has 0 spiro atoms. The summed E-state index contributed by atoms with van der Waals surface area (Å²) in [6.45, 7) is 4.03. The van der Waals surface area contributed by atoms with Gasteiger partial charge in [0.25, 0.3) is 0 Å². The average Bonchev–Trinajstić information content (AvgIpc) is 3.37. The topological polar surface area (TPSA) is 118 Å². The summed E-state index contributed by atoms with van der Waals surface area (Å²) in [5, 5.41) is 40.6. The Kier molecular flexibility index (Phi) is 39.4. The monoisotopic (exact) mass is 979 g/mol. The van der Waals surface area contributed by atoms with E-state index < -0.39 is 0 Å². The van der Waals surface area contributed by atoms with Gasteiger partial charge in [-0.1, -0.05) is 205 Å². The molecule has 0 amide bonds. The van der Waals surface area contributed by atoms with E-state index in [4.69, 9.17) is 39.4 Å². The normalized spacial score (nSPS) is 11.6. The van der Waals surface area contributed by atoms with Gasteiger partial charge in [0.1, 0.15) is 0 Å². The highest BCUT2D eigenvalue weighted by Gasteiger charge is 2.14. The number of hydrogen-bond acceptors (Lipinski definition) is 8. The van der Waals surface area contributed by atoms with Crippen molar-refractivity contribution in [2.45, 2.75) is 257 Å². The van der Waals surface area contributed by atoms with Crippen molar-refractivity contribution in [1.29, 1.82) is 0 Å². The second-order valence-electron chi connectivity index (χ2n) is 20.6. The first-order valence-electron chi connectivity index (χ1n) is 29.7. The second kappa shape index (κ2) is 44.9. The summed E-state index contributed by atoms with van der Waals surface area (Å²) in [6, 6.07) is 13.3. The lowest BCUT2D eigenvalue weighted by atomic mass is 10.0. The minimum absolute atomic E-state index is 0.319. The van der Waals surface area contributed by atoms with Crippen LogP contribution in [0.25, 0.3) is 21.5 Å². The smallest absolute Gasteiger partial charge is 0.161 e. The minimum Gasteiger partial charge on any atom is -0.490 e. The molecule has 8 heteroatoms. The summed E-state index contributed by atoms with van der Waals surface area (Å²) >= 11 is 0. The van der Waals surface area contributed by atoms with Gasteiger partial charge in [0.05, 0.1) is 26.4 Å². The van der Waals surface area contributed by atoms with Gasteiger partial charge in [0, 0.05) is 26.4 Å². The van der Waals surface area contributed by atoms with Crippen LogP contribution >= 0.6 is 0 Å². The molecule has 0 bridgehead atoms. The Morgan fingerprint density at radius 1 is 0.186 bits per heavy atom. The molecule has 4 N–H and O–H groups in total. The Bertz CT molecular complexity index is 1400. The summed E-state index contributed by atoms with van der Waals surface area (Å²) in [7, 11) is 0. The maximum atomic E-state index is 9.02. The molecule has 402 valence electrons. The minimum atomic E-state index is 0.319. The van der Waals surface area contributed by atoms with E-state index in [1.807, 2.05) is 0 Å². The van der Waals surface area contributed by atoms with Gasteiger partial charge in [0.15, 0.2) is 23.0 Å². The number of benzene rings is 3. The lowest BCUT2D eigenvalue weighted by Gasteiger charge is -2.17. The number of rotatable bonds is 52. The molecule has 0 saturated heterocycles. The van der Waals surface area contributed by atoms with Gasteiger partial charge >= 0.3 is 0 Å². The predicted molar refractivity (Wildman–Crippen MR) is 296 cm³/mol. The van der Waals surface area contributed by atoms with Crippen LogP contribution in [0.3, 0.4) is 0 Å². The van der Waals surface area contributed by atoms with Gasteiger partial charge in [-0.15, -0.1) is 0 Å². The maximum absolute atomic E-state index is 9.02. The summed E-state index contributed by atoms with van der Waals surface area (Å²) in [6.07, 6.45) is 47.7. The van der Waals surface area contributed by atoms with Gasteiger partial charge in [-0.3, -0.25) is 0 Å². The molecule has 0 radical (unpaired) electrons. The van der Waals surface area contributed by atoms with Crippen molar-refractivity contribution in [2.75, 3.05) is 52.9 Å². The highest BCUT2D eigenvalue weighted by atomic mass is 16.5. The third-order valence-corrected chi connectivity index (χ3v) is 14.2. The molecule has 0 aromatic heterocycles. The molecular formula is C62H106O8. The Labute approximate surface area is 428 Å². The molecule has 3 rings (SSSR count). The van der Waals surface area contributed by atoms with Crippen LogP contribution in [0.4, 0.5) is 0 Å². The van der Waals surface area contributed by atoms with Crippen molar-refractivity contribution in [3.05, 3.63) is 36.4 Å². The summed E-state index contributed by atoms with van der Waals surface area (Å²) in [5.41, 5.74) is 0. The van der Waals surface area contributed by atoms with E-state index in [9.17, 15) is 0 Å². The SMILES string of the molecule is OCCCCCCCCCCCCOc1cc2cc3cc(OCCCCCCCCCCCCO)c(OCCCCCCCCCCCCO)cc3cc2cc1OCCCCCCCCCCCCO. The van der Waals surface area contributed by atoms with Crippen molar-refractivity contribution in [2.24, 2.45) is 0 Å². The maximum Gasteiger partial charge on any atom is 0.161 e. The molecule has 0 unspecified atom stereocenters. The quantitative estimate of drug-likeness (QED) is 0.0326. The average molecular weight is 980 g/mol. The van der Waals surface area contributed by atoms with Crippen LogP contribution in [-0.4, -0.2) is 73.3 Å². The Hall–Kier alpha value is -2.78. The van der Waals surface area contributed by atoms with Crippen LogP contribution in [0.15, 0.2) is 36.4 Å². The summed E-state index contributed by atoms with van der Waals surface area (Å²) in [4.78, 5) is 0. The van der Waals surface area contributed by atoms with Crippen molar-refractivity contribution in [3.63, 3.8) is 0 Å². The molecule has 3 aromatic rings. The molecule has 0 aliphatic heterocycles. The van der Waals surface area contributed by atoms with Crippen LogP contribution in [-0.2, 0) is 0 Å². The molecule has 0 atom stereocenters. The highest BCUT2D eigenvalue weighted by Crippen LogP contribution is 2.39. The fraction of sp³-hybridized carbons (Fsp3) is 0.774. The summed E-state index contributed by atoms with van der Waals surface area (Å²) < 4.78 is 26.2. The molecule has 0 aliphatic carbocycles.